The second kappa shape index (κ2) is 4.58. The van der Waals surface area contributed by atoms with Crippen LogP contribution >= 0.6 is 0 Å². The van der Waals surface area contributed by atoms with Gasteiger partial charge < -0.3 is 14.9 Å². The molecule has 4 aromatic carbocycles. The minimum Gasteiger partial charge on any atom is -0.387 e. The molecule has 0 bridgehead atoms. The van der Waals surface area contributed by atoms with Gasteiger partial charge in [-0.15, -0.1) is 0 Å². The summed E-state index contributed by atoms with van der Waals surface area (Å²) < 4.78 is 5.72. The molecule has 1 heterocycles. The van der Waals surface area contributed by atoms with E-state index in [0.717, 1.165) is 21.9 Å². The van der Waals surface area contributed by atoms with Crippen LogP contribution in [0.2, 0.25) is 0 Å². The quantitative estimate of drug-likeness (QED) is 0.379. The molecule has 0 saturated carbocycles. The van der Waals surface area contributed by atoms with Crippen LogP contribution in [0.25, 0.3) is 32.3 Å². The summed E-state index contributed by atoms with van der Waals surface area (Å²) in [4.78, 5) is 0. The van der Waals surface area contributed by atoms with Gasteiger partial charge in [0.05, 0.1) is 0 Å². The molecule has 2 N–H and O–H groups in total. The minimum absolute atomic E-state index is 0.117. The van der Waals surface area contributed by atoms with E-state index in [9.17, 15) is 10.2 Å². The number of rotatable bonds is 0. The zero-order chi connectivity index (χ0) is 16.7. The maximum atomic E-state index is 10.5. The van der Waals surface area contributed by atoms with Crippen molar-refractivity contribution in [3.63, 3.8) is 0 Å². The van der Waals surface area contributed by atoms with E-state index in [4.69, 9.17) is 4.74 Å². The standard InChI is InChI=1S/C22H16O3/c23-19-16-10-7-12-6-8-14-13-4-2-1-3-11(13)5-9-15(14)17(12)18(16)21-22(25-21)20(19)24/h1-10,19-24H/t19-,20+,21-,22+/m1/s1. The maximum Gasteiger partial charge on any atom is 0.118 e. The van der Waals surface area contributed by atoms with Gasteiger partial charge in [0.15, 0.2) is 0 Å². The summed E-state index contributed by atoms with van der Waals surface area (Å²) in [5, 5.41) is 27.8. The largest absolute Gasteiger partial charge is 0.387 e. The lowest BCUT2D eigenvalue weighted by molar-refractivity contribution is 0.000109. The third-order valence-corrected chi connectivity index (χ3v) is 5.77. The number of ether oxygens (including phenoxy) is 1. The Morgan fingerprint density at radius 1 is 0.720 bits per heavy atom. The van der Waals surface area contributed by atoms with E-state index in [2.05, 4.69) is 48.5 Å². The van der Waals surface area contributed by atoms with Crippen LogP contribution in [0.5, 0.6) is 0 Å². The SMILES string of the molecule is O[C@@H]1[C@@H]2O[C@@H]2c2c(ccc3ccc4c5ccccc5ccc4c23)[C@H]1O. The van der Waals surface area contributed by atoms with Gasteiger partial charge in [0.1, 0.15) is 24.4 Å². The molecule has 3 heteroatoms. The Balaban J connectivity index is 1.80. The van der Waals surface area contributed by atoms with Crippen LogP contribution in [0.1, 0.15) is 23.3 Å². The molecule has 0 spiro atoms. The van der Waals surface area contributed by atoms with Crippen LogP contribution < -0.4 is 0 Å². The van der Waals surface area contributed by atoms with Crippen LogP contribution in [0, 0.1) is 0 Å². The molecule has 4 aromatic rings. The van der Waals surface area contributed by atoms with E-state index in [1.54, 1.807) is 0 Å². The van der Waals surface area contributed by atoms with Gasteiger partial charge in [0.25, 0.3) is 0 Å². The van der Waals surface area contributed by atoms with Crippen molar-refractivity contribution in [1.82, 2.24) is 0 Å². The number of benzene rings is 4. The maximum absolute atomic E-state index is 10.5. The lowest BCUT2D eigenvalue weighted by Gasteiger charge is -2.25. The van der Waals surface area contributed by atoms with E-state index in [-0.39, 0.29) is 12.2 Å². The Hall–Kier alpha value is -2.46. The molecule has 0 radical (unpaired) electrons. The number of fused-ring (bicyclic) bond motifs is 9. The lowest BCUT2D eigenvalue weighted by atomic mass is 9.82. The summed E-state index contributed by atoms with van der Waals surface area (Å²) in [5.41, 5.74) is 1.83. The molecule has 0 unspecified atom stereocenters. The lowest BCUT2D eigenvalue weighted by Crippen LogP contribution is -2.29. The van der Waals surface area contributed by atoms with Gasteiger partial charge in [-0.1, -0.05) is 60.7 Å². The number of epoxide rings is 1. The summed E-state index contributed by atoms with van der Waals surface area (Å²) in [7, 11) is 0. The topological polar surface area (TPSA) is 53.0 Å². The summed E-state index contributed by atoms with van der Waals surface area (Å²) in [6.07, 6.45) is -2.14. The molecule has 1 aliphatic heterocycles. The van der Waals surface area contributed by atoms with Gasteiger partial charge in [-0.3, -0.25) is 0 Å². The predicted octanol–water partition coefficient (Wildman–Crippen LogP) is 3.99. The van der Waals surface area contributed by atoms with Crippen LogP contribution in [-0.4, -0.2) is 22.4 Å². The van der Waals surface area contributed by atoms with Crippen LogP contribution in [0.15, 0.2) is 60.7 Å². The predicted molar refractivity (Wildman–Crippen MR) is 97.5 cm³/mol. The molecule has 1 saturated heterocycles. The van der Waals surface area contributed by atoms with Crippen LogP contribution in [-0.2, 0) is 4.74 Å². The van der Waals surface area contributed by atoms with Crippen molar-refractivity contribution in [2.75, 3.05) is 0 Å². The van der Waals surface area contributed by atoms with Gasteiger partial charge in [-0.25, -0.2) is 0 Å². The van der Waals surface area contributed by atoms with Crippen molar-refractivity contribution in [1.29, 1.82) is 0 Å². The Bertz CT molecular complexity index is 1180. The summed E-state index contributed by atoms with van der Waals surface area (Å²) in [6, 6.07) is 21.0. The van der Waals surface area contributed by atoms with Gasteiger partial charge in [-0.2, -0.15) is 0 Å². The molecule has 3 nitrogen and oxygen atoms in total. The highest BCUT2D eigenvalue weighted by Crippen LogP contribution is 2.53. The molecule has 25 heavy (non-hydrogen) atoms. The van der Waals surface area contributed by atoms with E-state index in [0.29, 0.717) is 0 Å². The third kappa shape index (κ3) is 1.70. The van der Waals surface area contributed by atoms with Gasteiger partial charge >= 0.3 is 0 Å². The van der Waals surface area contributed by atoms with E-state index in [1.807, 2.05) is 12.1 Å². The highest BCUT2D eigenvalue weighted by Gasteiger charge is 2.54. The van der Waals surface area contributed by atoms with Crippen molar-refractivity contribution in [2.24, 2.45) is 0 Å². The van der Waals surface area contributed by atoms with E-state index in [1.165, 1.54) is 21.5 Å². The fourth-order valence-electron chi connectivity index (χ4n) is 4.50. The molecule has 1 fully saturated rings. The average molecular weight is 328 g/mol. The minimum atomic E-state index is -0.890. The Labute approximate surface area is 144 Å². The van der Waals surface area contributed by atoms with E-state index < -0.39 is 12.2 Å². The first kappa shape index (κ1) is 13.8. The van der Waals surface area contributed by atoms with Crippen LogP contribution in [0.3, 0.4) is 0 Å². The summed E-state index contributed by atoms with van der Waals surface area (Å²) in [6.45, 7) is 0. The molecule has 0 amide bonds. The monoisotopic (exact) mass is 328 g/mol. The molecule has 2 aliphatic rings. The van der Waals surface area contributed by atoms with Crippen molar-refractivity contribution in [2.45, 2.75) is 24.4 Å². The second-order valence-electron chi connectivity index (χ2n) is 7.07. The highest BCUT2D eigenvalue weighted by atomic mass is 16.6. The molecule has 4 atom stereocenters. The molecular weight excluding hydrogens is 312 g/mol. The summed E-state index contributed by atoms with van der Waals surface area (Å²) in [5.74, 6) is 0. The Kier molecular flexibility index (Phi) is 2.53. The number of hydrogen-bond donors (Lipinski definition) is 2. The summed E-state index contributed by atoms with van der Waals surface area (Å²) >= 11 is 0. The van der Waals surface area contributed by atoms with Crippen molar-refractivity contribution in [3.05, 3.63) is 71.8 Å². The van der Waals surface area contributed by atoms with Crippen LogP contribution in [0.4, 0.5) is 0 Å². The first-order valence-corrected chi connectivity index (χ1v) is 8.62. The van der Waals surface area contributed by atoms with Gasteiger partial charge in [-0.05, 0) is 43.4 Å². The molecule has 122 valence electrons. The normalized spacial score (nSPS) is 27.4. The Morgan fingerprint density at radius 3 is 2.40 bits per heavy atom. The molecular formula is C22H16O3. The number of aliphatic hydroxyl groups is 2. The van der Waals surface area contributed by atoms with Crippen molar-refractivity contribution in [3.8, 4) is 0 Å². The van der Waals surface area contributed by atoms with Gasteiger partial charge in [0.2, 0.25) is 0 Å². The zero-order valence-corrected chi connectivity index (χ0v) is 13.4. The number of hydrogen-bond acceptors (Lipinski definition) is 3. The third-order valence-electron chi connectivity index (χ3n) is 5.77. The van der Waals surface area contributed by atoms with Gasteiger partial charge in [0, 0.05) is 0 Å². The second-order valence-corrected chi connectivity index (χ2v) is 7.07. The van der Waals surface area contributed by atoms with Crippen molar-refractivity contribution >= 4 is 32.3 Å². The molecule has 0 aromatic heterocycles. The smallest absolute Gasteiger partial charge is 0.118 e. The zero-order valence-electron chi connectivity index (χ0n) is 13.4. The van der Waals surface area contributed by atoms with Crippen molar-refractivity contribution < 1.29 is 14.9 Å². The fraction of sp³-hybridized carbons (Fsp3) is 0.182. The average Bonchev–Trinajstić information content (AvgIpc) is 3.45. The molecule has 1 aliphatic carbocycles. The van der Waals surface area contributed by atoms with E-state index >= 15 is 0 Å². The fourth-order valence-corrected chi connectivity index (χ4v) is 4.50. The first-order valence-electron chi connectivity index (χ1n) is 8.62. The molecule has 6 rings (SSSR count). The number of aliphatic hydroxyl groups excluding tert-OH is 2. The Morgan fingerprint density at radius 2 is 1.48 bits per heavy atom. The first-order chi connectivity index (χ1) is 12.2. The highest BCUT2D eigenvalue weighted by molar-refractivity contribution is 6.18.